The molecule has 15 heavy (non-hydrogen) atoms. The van der Waals surface area contributed by atoms with E-state index in [0.717, 1.165) is 0 Å². The fourth-order valence-electron chi connectivity index (χ4n) is 1.02. The number of anilines is 1. The van der Waals surface area contributed by atoms with E-state index in [-0.39, 0.29) is 5.56 Å². The Bertz CT molecular complexity index is 370. The first-order chi connectivity index (χ1) is 7.04. The molecule has 0 saturated carbocycles. The quantitative estimate of drug-likeness (QED) is 0.654. The van der Waals surface area contributed by atoms with Gasteiger partial charge in [-0.05, 0) is 18.2 Å². The maximum Gasteiger partial charge on any atom is 0.339 e. The maximum atomic E-state index is 11.3. The average molecular weight is 248 g/mol. The lowest BCUT2D eigenvalue weighted by Crippen LogP contribution is -2.10. The van der Waals surface area contributed by atoms with Crippen LogP contribution in [0.1, 0.15) is 10.4 Å². The van der Waals surface area contributed by atoms with Gasteiger partial charge in [0.2, 0.25) is 0 Å². The molecule has 0 radical (unpaired) electrons. The second kappa shape index (κ2) is 5.25. The van der Waals surface area contributed by atoms with E-state index >= 15 is 0 Å². The van der Waals surface area contributed by atoms with Crippen LogP contribution in [-0.4, -0.2) is 23.9 Å². The summed E-state index contributed by atoms with van der Waals surface area (Å²) in [5.74, 6) is -0.523. The first-order valence-corrected chi connectivity index (χ1v) is 5.96. The van der Waals surface area contributed by atoms with Crippen LogP contribution in [0.25, 0.3) is 0 Å². The zero-order valence-corrected chi connectivity index (χ0v) is 9.82. The summed E-state index contributed by atoms with van der Waals surface area (Å²) in [6, 6.07) is 4.68. The van der Waals surface area contributed by atoms with Crippen LogP contribution < -0.4 is 4.72 Å². The number of methoxy groups -OCH3 is 1. The third kappa shape index (κ3) is 3.30. The van der Waals surface area contributed by atoms with Crippen molar-refractivity contribution >= 4 is 34.6 Å². The molecule has 4 nitrogen and oxygen atoms in total. The van der Waals surface area contributed by atoms with Gasteiger partial charge in [0.15, 0.2) is 0 Å². The molecule has 6 heteroatoms. The molecule has 1 N–H and O–H groups in total. The number of ether oxygens (including phenoxy) is 1. The molecule has 1 rings (SSSR count). The first kappa shape index (κ1) is 12.2. The molecule has 82 valence electrons. The number of hydrogen-bond donors (Lipinski definition) is 1. The highest BCUT2D eigenvalue weighted by Gasteiger charge is 2.12. The minimum absolute atomic E-state index is 0.245. The van der Waals surface area contributed by atoms with Crippen LogP contribution in [0.3, 0.4) is 0 Å². The van der Waals surface area contributed by atoms with Gasteiger partial charge in [0.1, 0.15) is 6.26 Å². The van der Waals surface area contributed by atoms with Crippen molar-refractivity contribution in [3.63, 3.8) is 0 Å². The normalized spacial score (nSPS) is 12.0. The predicted octanol–water partition coefficient (Wildman–Crippen LogP) is 1.83. The molecule has 0 amide bonds. The average Bonchev–Trinajstić information content (AvgIpc) is 2.19. The number of benzene rings is 1. The summed E-state index contributed by atoms with van der Waals surface area (Å²) in [4.78, 5) is 11.3. The molecule has 1 aromatic rings. The molecule has 0 saturated heterocycles. The Kier molecular flexibility index (Phi) is 4.26. The molecule has 0 fully saturated rings. The summed E-state index contributed by atoms with van der Waals surface area (Å²) in [5.41, 5.74) is 0.801. The highest BCUT2D eigenvalue weighted by atomic mass is 35.5. The monoisotopic (exact) mass is 247 g/mol. The molecule has 1 atom stereocenters. The van der Waals surface area contributed by atoms with Crippen molar-refractivity contribution in [2.24, 2.45) is 0 Å². The highest BCUT2D eigenvalue weighted by molar-refractivity contribution is 7.92. The molecule has 0 aliphatic heterocycles. The Hall–Kier alpha value is -0.910. The van der Waals surface area contributed by atoms with E-state index < -0.39 is 17.3 Å². The number of carbonyl (C=O) groups excluding carboxylic acids is 1. The van der Waals surface area contributed by atoms with Gasteiger partial charge < -0.3 is 9.29 Å². The van der Waals surface area contributed by atoms with Crippen molar-refractivity contribution in [1.29, 1.82) is 0 Å². The molecular formula is C9H10ClNO3S. The Morgan fingerprint density at radius 1 is 1.60 bits per heavy atom. The van der Waals surface area contributed by atoms with E-state index in [2.05, 4.69) is 9.46 Å². The van der Waals surface area contributed by atoms with Gasteiger partial charge in [-0.3, -0.25) is 0 Å². The van der Waals surface area contributed by atoms with E-state index in [1.807, 2.05) is 0 Å². The number of halogens is 1. The van der Waals surface area contributed by atoms with Crippen LogP contribution in [0.2, 0.25) is 5.02 Å². The standard InChI is InChI=1S/C9H10ClNO3S/c1-14-9(12)7-5-6(11-15(2)13)3-4-8(7)10/h3-5,11H,1-2H3. The van der Waals surface area contributed by atoms with E-state index in [4.69, 9.17) is 11.6 Å². The molecule has 0 aliphatic carbocycles. The van der Waals surface area contributed by atoms with E-state index in [1.165, 1.54) is 19.4 Å². The topological polar surface area (TPSA) is 61.4 Å². The summed E-state index contributed by atoms with van der Waals surface area (Å²) in [6.45, 7) is 0. The number of carbonyl (C=O) groups is 1. The highest BCUT2D eigenvalue weighted by Crippen LogP contribution is 2.21. The Balaban J connectivity index is 3.00. The zero-order valence-electron chi connectivity index (χ0n) is 8.24. The molecule has 0 heterocycles. The van der Waals surface area contributed by atoms with Crippen molar-refractivity contribution in [3.05, 3.63) is 28.8 Å². The lowest BCUT2D eigenvalue weighted by atomic mass is 10.2. The van der Waals surface area contributed by atoms with E-state index in [0.29, 0.717) is 10.7 Å². The molecule has 0 spiro atoms. The van der Waals surface area contributed by atoms with Crippen molar-refractivity contribution in [2.45, 2.75) is 0 Å². The number of hydrogen-bond acceptors (Lipinski definition) is 4. The largest absolute Gasteiger partial charge is 0.593 e. The number of esters is 1. The summed E-state index contributed by atoms with van der Waals surface area (Å²) >= 11 is 4.61. The minimum atomic E-state index is -1.19. The molecule has 0 bridgehead atoms. The second-order valence-corrected chi connectivity index (χ2v) is 4.26. The number of rotatable bonds is 3. The van der Waals surface area contributed by atoms with Gasteiger partial charge in [-0.1, -0.05) is 11.6 Å². The zero-order chi connectivity index (χ0) is 11.4. The molecular weight excluding hydrogens is 238 g/mol. The Morgan fingerprint density at radius 2 is 2.27 bits per heavy atom. The van der Waals surface area contributed by atoms with Gasteiger partial charge in [0.25, 0.3) is 0 Å². The van der Waals surface area contributed by atoms with Crippen molar-refractivity contribution in [2.75, 3.05) is 18.1 Å². The van der Waals surface area contributed by atoms with E-state index in [9.17, 15) is 9.35 Å². The van der Waals surface area contributed by atoms with Gasteiger partial charge in [-0.15, -0.1) is 0 Å². The molecule has 0 aliphatic rings. The summed E-state index contributed by atoms with van der Waals surface area (Å²) in [7, 11) is 1.27. The van der Waals surface area contributed by atoms with Crippen LogP contribution in [0.15, 0.2) is 18.2 Å². The number of nitrogens with one attached hydrogen (secondary N) is 1. The Morgan fingerprint density at radius 3 is 2.80 bits per heavy atom. The lowest BCUT2D eigenvalue weighted by Gasteiger charge is -2.08. The fraction of sp³-hybridized carbons (Fsp3) is 0.222. The third-order valence-corrected chi connectivity index (χ3v) is 2.49. The van der Waals surface area contributed by atoms with Gasteiger partial charge in [-0.2, -0.15) is 0 Å². The van der Waals surface area contributed by atoms with Gasteiger partial charge in [0, 0.05) is 0 Å². The van der Waals surface area contributed by atoms with Crippen LogP contribution in [-0.2, 0) is 16.1 Å². The third-order valence-electron chi connectivity index (χ3n) is 1.63. The van der Waals surface area contributed by atoms with E-state index in [1.54, 1.807) is 12.1 Å². The SMILES string of the molecule is COC(=O)c1cc(N[S+](C)[O-])ccc1Cl. The summed E-state index contributed by atoms with van der Waals surface area (Å²) in [5, 5.41) is 0.300. The second-order valence-electron chi connectivity index (χ2n) is 2.74. The molecule has 1 unspecified atom stereocenters. The van der Waals surface area contributed by atoms with Gasteiger partial charge in [-0.25, -0.2) is 9.52 Å². The van der Waals surface area contributed by atoms with Crippen LogP contribution >= 0.6 is 11.6 Å². The summed E-state index contributed by atoms with van der Waals surface area (Å²) in [6.07, 6.45) is 1.49. The van der Waals surface area contributed by atoms with Crippen molar-refractivity contribution in [1.82, 2.24) is 0 Å². The van der Waals surface area contributed by atoms with Crippen LogP contribution in [0.4, 0.5) is 5.69 Å². The van der Waals surface area contributed by atoms with Crippen molar-refractivity contribution < 1.29 is 14.1 Å². The van der Waals surface area contributed by atoms with Gasteiger partial charge >= 0.3 is 5.97 Å². The van der Waals surface area contributed by atoms with Gasteiger partial charge in [0.05, 0.1) is 34.7 Å². The first-order valence-electron chi connectivity index (χ1n) is 4.02. The maximum absolute atomic E-state index is 11.3. The molecule has 1 aromatic carbocycles. The fourth-order valence-corrected chi connectivity index (χ4v) is 1.67. The van der Waals surface area contributed by atoms with Crippen molar-refractivity contribution in [3.8, 4) is 0 Å². The predicted molar refractivity (Wildman–Crippen MR) is 60.5 cm³/mol. The lowest BCUT2D eigenvalue weighted by molar-refractivity contribution is 0.0601. The Labute approximate surface area is 95.9 Å². The molecule has 0 aromatic heterocycles. The smallest absolute Gasteiger partial charge is 0.339 e. The minimum Gasteiger partial charge on any atom is -0.593 e. The summed E-state index contributed by atoms with van der Waals surface area (Å²) < 4.78 is 18.1. The van der Waals surface area contributed by atoms with Crippen LogP contribution in [0.5, 0.6) is 0 Å². The van der Waals surface area contributed by atoms with Crippen LogP contribution in [0, 0.1) is 0 Å².